The summed E-state index contributed by atoms with van der Waals surface area (Å²) >= 11 is 0. The summed E-state index contributed by atoms with van der Waals surface area (Å²) in [6, 6.07) is 5.17. The average Bonchev–Trinajstić information content (AvgIpc) is 2.35. The first-order chi connectivity index (χ1) is 8.58. The minimum Gasteiger partial charge on any atom is -0.505 e. The van der Waals surface area contributed by atoms with Crippen molar-refractivity contribution in [3.05, 3.63) is 29.6 Å². The molecule has 0 heterocycles. The first kappa shape index (κ1) is 13.3. The molecule has 18 heavy (non-hydrogen) atoms. The molecule has 3 unspecified atom stereocenters. The van der Waals surface area contributed by atoms with Crippen LogP contribution in [0.3, 0.4) is 0 Å². The summed E-state index contributed by atoms with van der Waals surface area (Å²) in [5.41, 5.74) is 0.640. The quantitative estimate of drug-likeness (QED) is 0.862. The maximum atomic E-state index is 13.2. The molecule has 2 N–H and O–H groups in total. The molecule has 3 atom stereocenters. The van der Waals surface area contributed by atoms with Crippen LogP contribution < -0.4 is 5.32 Å². The summed E-state index contributed by atoms with van der Waals surface area (Å²) in [4.78, 5) is 0. The summed E-state index contributed by atoms with van der Waals surface area (Å²) in [5, 5.41) is 13.0. The van der Waals surface area contributed by atoms with E-state index in [1.54, 1.807) is 12.1 Å². The lowest BCUT2D eigenvalue weighted by molar-refractivity contribution is 0.225. The minimum absolute atomic E-state index is 0.220. The van der Waals surface area contributed by atoms with E-state index >= 15 is 0 Å². The van der Waals surface area contributed by atoms with Gasteiger partial charge in [-0.15, -0.1) is 0 Å². The molecular formula is C15H22FNO. The molecule has 1 aliphatic carbocycles. The maximum Gasteiger partial charge on any atom is 0.165 e. The predicted molar refractivity (Wildman–Crippen MR) is 70.9 cm³/mol. The standard InChI is InChI=1S/C15H22FNO/c1-10-6-7-13(8-11(10)2)17-9-12-4-3-5-14(16)15(12)18/h3-5,10-11,13,17-18H,6-9H2,1-2H3. The van der Waals surface area contributed by atoms with E-state index in [4.69, 9.17) is 0 Å². The van der Waals surface area contributed by atoms with E-state index in [-0.39, 0.29) is 5.75 Å². The van der Waals surface area contributed by atoms with Crippen LogP contribution in [0.25, 0.3) is 0 Å². The lowest BCUT2D eigenvalue weighted by atomic mass is 9.79. The van der Waals surface area contributed by atoms with Gasteiger partial charge in [-0.1, -0.05) is 26.0 Å². The third kappa shape index (κ3) is 3.02. The molecule has 0 spiro atoms. The van der Waals surface area contributed by atoms with Gasteiger partial charge in [-0.3, -0.25) is 0 Å². The number of halogens is 1. The van der Waals surface area contributed by atoms with Crippen molar-refractivity contribution in [2.75, 3.05) is 0 Å². The van der Waals surface area contributed by atoms with Gasteiger partial charge < -0.3 is 10.4 Å². The lowest BCUT2D eigenvalue weighted by Gasteiger charge is -2.32. The first-order valence-corrected chi connectivity index (χ1v) is 6.77. The SMILES string of the molecule is CC1CCC(NCc2cccc(F)c2O)CC1C. The van der Waals surface area contributed by atoms with Crippen LogP contribution in [0.5, 0.6) is 5.75 Å². The summed E-state index contributed by atoms with van der Waals surface area (Å²) in [6.45, 7) is 5.13. The predicted octanol–water partition coefficient (Wildman–Crippen LogP) is 3.45. The van der Waals surface area contributed by atoms with E-state index in [1.165, 1.54) is 18.9 Å². The maximum absolute atomic E-state index is 13.2. The van der Waals surface area contributed by atoms with Gasteiger partial charge in [-0.2, -0.15) is 0 Å². The third-order valence-electron chi connectivity index (χ3n) is 4.25. The molecule has 1 aliphatic rings. The molecule has 3 heteroatoms. The van der Waals surface area contributed by atoms with Crippen molar-refractivity contribution < 1.29 is 9.50 Å². The molecule has 1 fully saturated rings. The Balaban J connectivity index is 1.90. The molecular weight excluding hydrogens is 229 g/mol. The van der Waals surface area contributed by atoms with Gasteiger partial charge in [0.1, 0.15) is 0 Å². The number of hydrogen-bond acceptors (Lipinski definition) is 2. The molecule has 1 aromatic carbocycles. The molecule has 0 bridgehead atoms. The molecule has 0 amide bonds. The second kappa shape index (κ2) is 5.70. The zero-order valence-electron chi connectivity index (χ0n) is 11.1. The van der Waals surface area contributed by atoms with Gasteiger partial charge in [0.05, 0.1) is 0 Å². The Kier molecular flexibility index (Phi) is 4.23. The first-order valence-electron chi connectivity index (χ1n) is 6.77. The van der Waals surface area contributed by atoms with E-state index in [0.717, 1.165) is 18.3 Å². The zero-order chi connectivity index (χ0) is 13.1. The molecule has 2 nitrogen and oxygen atoms in total. The Labute approximate surface area is 108 Å². The number of nitrogens with one attached hydrogen (secondary N) is 1. The third-order valence-corrected chi connectivity index (χ3v) is 4.25. The number of benzene rings is 1. The number of phenolic OH excluding ortho intramolecular Hbond substituents is 1. The number of aromatic hydroxyl groups is 1. The fraction of sp³-hybridized carbons (Fsp3) is 0.600. The molecule has 2 rings (SSSR count). The van der Waals surface area contributed by atoms with Crippen LogP contribution in [0.4, 0.5) is 4.39 Å². The number of phenols is 1. The van der Waals surface area contributed by atoms with Crippen LogP contribution in [-0.4, -0.2) is 11.1 Å². The number of rotatable bonds is 3. The van der Waals surface area contributed by atoms with Crippen LogP contribution in [-0.2, 0) is 6.54 Å². The van der Waals surface area contributed by atoms with Gasteiger partial charge >= 0.3 is 0 Å². The number of hydrogen-bond donors (Lipinski definition) is 2. The smallest absolute Gasteiger partial charge is 0.165 e. The van der Waals surface area contributed by atoms with E-state index in [1.807, 2.05) is 0 Å². The van der Waals surface area contributed by atoms with Crippen LogP contribution in [0.1, 0.15) is 38.7 Å². The van der Waals surface area contributed by atoms with Gasteiger partial charge in [-0.25, -0.2) is 4.39 Å². The van der Waals surface area contributed by atoms with Gasteiger partial charge in [0.2, 0.25) is 0 Å². The van der Waals surface area contributed by atoms with Crippen molar-refractivity contribution in [2.24, 2.45) is 11.8 Å². The normalized spacial score (nSPS) is 28.3. The topological polar surface area (TPSA) is 32.3 Å². The molecule has 1 aromatic rings. The van der Waals surface area contributed by atoms with Gasteiger partial charge in [-0.05, 0) is 37.2 Å². The van der Waals surface area contributed by atoms with Crippen LogP contribution in [0.15, 0.2) is 18.2 Å². The Morgan fingerprint density at radius 3 is 2.78 bits per heavy atom. The van der Waals surface area contributed by atoms with Crippen molar-refractivity contribution in [1.29, 1.82) is 0 Å². The molecule has 100 valence electrons. The Morgan fingerprint density at radius 1 is 1.28 bits per heavy atom. The van der Waals surface area contributed by atoms with E-state index < -0.39 is 5.82 Å². The highest BCUT2D eigenvalue weighted by Crippen LogP contribution is 2.29. The second-order valence-corrected chi connectivity index (χ2v) is 5.59. The van der Waals surface area contributed by atoms with Crippen LogP contribution in [0.2, 0.25) is 0 Å². The van der Waals surface area contributed by atoms with Gasteiger partial charge in [0.15, 0.2) is 11.6 Å². The van der Waals surface area contributed by atoms with Crippen molar-refractivity contribution in [3.8, 4) is 5.75 Å². The number of para-hydroxylation sites is 1. The molecule has 0 saturated heterocycles. The zero-order valence-corrected chi connectivity index (χ0v) is 11.1. The highest BCUT2D eigenvalue weighted by molar-refractivity contribution is 5.33. The summed E-state index contributed by atoms with van der Waals surface area (Å²) in [6.07, 6.45) is 3.58. The van der Waals surface area contributed by atoms with Crippen molar-refractivity contribution in [1.82, 2.24) is 5.32 Å². The van der Waals surface area contributed by atoms with E-state index in [0.29, 0.717) is 18.2 Å². The fourth-order valence-electron chi connectivity index (χ4n) is 2.69. The van der Waals surface area contributed by atoms with Gasteiger partial charge in [0.25, 0.3) is 0 Å². The highest BCUT2D eigenvalue weighted by Gasteiger charge is 2.24. The van der Waals surface area contributed by atoms with Crippen LogP contribution in [0, 0.1) is 17.7 Å². The minimum atomic E-state index is -0.542. The summed E-state index contributed by atoms with van der Waals surface area (Å²) in [7, 11) is 0. The van der Waals surface area contributed by atoms with E-state index in [9.17, 15) is 9.50 Å². The Bertz CT molecular complexity index is 407. The molecule has 0 radical (unpaired) electrons. The second-order valence-electron chi connectivity index (χ2n) is 5.59. The fourth-order valence-corrected chi connectivity index (χ4v) is 2.69. The van der Waals surface area contributed by atoms with Gasteiger partial charge in [0, 0.05) is 18.2 Å². The molecule has 0 aromatic heterocycles. The molecule has 1 saturated carbocycles. The Hall–Kier alpha value is -1.09. The summed E-state index contributed by atoms with van der Waals surface area (Å²) in [5.74, 6) is 0.769. The van der Waals surface area contributed by atoms with Crippen molar-refractivity contribution in [2.45, 2.75) is 45.7 Å². The summed E-state index contributed by atoms with van der Waals surface area (Å²) < 4.78 is 13.2. The Morgan fingerprint density at radius 2 is 2.06 bits per heavy atom. The average molecular weight is 251 g/mol. The van der Waals surface area contributed by atoms with E-state index in [2.05, 4.69) is 19.2 Å². The highest BCUT2D eigenvalue weighted by atomic mass is 19.1. The lowest BCUT2D eigenvalue weighted by Crippen LogP contribution is -2.35. The molecule has 0 aliphatic heterocycles. The van der Waals surface area contributed by atoms with Crippen molar-refractivity contribution >= 4 is 0 Å². The largest absolute Gasteiger partial charge is 0.505 e. The van der Waals surface area contributed by atoms with Crippen molar-refractivity contribution in [3.63, 3.8) is 0 Å². The monoisotopic (exact) mass is 251 g/mol. The van der Waals surface area contributed by atoms with Crippen LogP contribution >= 0.6 is 0 Å².